The van der Waals surface area contributed by atoms with Gasteiger partial charge in [0.1, 0.15) is 0 Å². The van der Waals surface area contributed by atoms with Gasteiger partial charge in [0, 0.05) is 31.0 Å². The van der Waals surface area contributed by atoms with Crippen LogP contribution in [0.1, 0.15) is 44.0 Å². The van der Waals surface area contributed by atoms with Gasteiger partial charge in [0.25, 0.3) is 11.1 Å². The van der Waals surface area contributed by atoms with Gasteiger partial charge in [-0.1, -0.05) is 24.8 Å². The number of allylic oxidation sites excluding steroid dienone is 3. The van der Waals surface area contributed by atoms with Gasteiger partial charge in [-0.05, 0) is 85.9 Å². The molecular formula is C27H30N6O2S. The van der Waals surface area contributed by atoms with Crippen LogP contribution in [-0.4, -0.2) is 44.7 Å². The number of anilines is 1. The fraction of sp³-hybridized carbons (Fsp3) is 0.296. The third-order valence-electron chi connectivity index (χ3n) is 6.15. The first kappa shape index (κ1) is 25.5. The minimum Gasteiger partial charge on any atom is -0.351 e. The molecule has 1 saturated carbocycles. The molecular weight excluding hydrogens is 472 g/mol. The Labute approximate surface area is 215 Å². The maximum absolute atomic E-state index is 11.8. The van der Waals surface area contributed by atoms with Gasteiger partial charge in [-0.25, -0.2) is 9.97 Å². The molecule has 186 valence electrons. The molecule has 2 fully saturated rings. The molecule has 2 aromatic rings. The summed E-state index contributed by atoms with van der Waals surface area (Å²) in [6.45, 7) is 6.78. The molecule has 1 aliphatic heterocycles. The molecule has 2 amide bonds. The van der Waals surface area contributed by atoms with Crippen molar-refractivity contribution in [1.82, 2.24) is 25.6 Å². The molecule has 0 spiro atoms. The van der Waals surface area contributed by atoms with Gasteiger partial charge in [0.05, 0.1) is 16.3 Å². The monoisotopic (exact) mass is 502 g/mol. The van der Waals surface area contributed by atoms with Crippen LogP contribution in [0.3, 0.4) is 0 Å². The Morgan fingerprint density at radius 3 is 2.61 bits per heavy atom. The van der Waals surface area contributed by atoms with Crippen molar-refractivity contribution in [2.24, 2.45) is 0 Å². The topological polar surface area (TPSA) is 109 Å². The fourth-order valence-corrected chi connectivity index (χ4v) is 4.84. The van der Waals surface area contributed by atoms with Gasteiger partial charge in [0.2, 0.25) is 5.95 Å². The molecule has 0 radical (unpaired) electrons. The fourth-order valence-electron chi connectivity index (χ4n) is 4.17. The summed E-state index contributed by atoms with van der Waals surface area (Å²) in [6.07, 6.45) is 15.3. The third kappa shape index (κ3) is 6.99. The van der Waals surface area contributed by atoms with Crippen molar-refractivity contribution in [3.05, 3.63) is 83.3 Å². The number of carbonyl (C=O) groups is 2. The van der Waals surface area contributed by atoms with Crippen LogP contribution in [0.5, 0.6) is 0 Å². The van der Waals surface area contributed by atoms with E-state index in [1.807, 2.05) is 31.2 Å². The largest absolute Gasteiger partial charge is 0.351 e. The van der Waals surface area contributed by atoms with E-state index in [2.05, 4.69) is 49.6 Å². The van der Waals surface area contributed by atoms with Gasteiger partial charge in [0.15, 0.2) is 0 Å². The molecule has 4 rings (SSSR count). The number of amides is 2. The lowest BCUT2D eigenvalue weighted by Gasteiger charge is -2.30. The number of hydrogen-bond donors (Lipinski definition) is 3. The average molecular weight is 503 g/mol. The number of rotatable bonds is 9. The zero-order chi connectivity index (χ0) is 25.3. The van der Waals surface area contributed by atoms with E-state index in [0.717, 1.165) is 55.3 Å². The molecule has 2 aromatic heterocycles. The first-order chi connectivity index (χ1) is 17.5. The Kier molecular flexibility index (Phi) is 8.80. The molecule has 0 unspecified atom stereocenters. The van der Waals surface area contributed by atoms with Gasteiger partial charge in [-0.3, -0.25) is 19.9 Å². The van der Waals surface area contributed by atoms with Crippen LogP contribution in [0.4, 0.5) is 10.7 Å². The SMILES string of the molecule is C=C/C(=C\C(=C/C)CNC1CCC(Nc2nccc(/C=C3\SC(=O)NC3=O)n2)CC1)c1ccccn1. The van der Waals surface area contributed by atoms with Crippen molar-refractivity contribution in [2.75, 3.05) is 11.9 Å². The Bertz CT molecular complexity index is 1200. The summed E-state index contributed by atoms with van der Waals surface area (Å²) in [5.41, 5.74) is 3.72. The summed E-state index contributed by atoms with van der Waals surface area (Å²) >= 11 is 0.880. The number of nitrogens with zero attached hydrogens (tertiary/aromatic N) is 3. The standard InChI is InChI=1S/C27H30N6O2S/c1-3-18(15-19(4-2)23-7-5-6-13-28-23)17-30-20-8-10-21(11-9-20)31-26-29-14-12-22(32-26)16-24-25(34)33-27(35)36-24/h3-7,12-16,20-21,30H,2,8-11,17H2,1H3,(H,29,31,32)(H,33,34,35)/b18-3+,19-15+,24-16-. The van der Waals surface area contributed by atoms with E-state index in [-0.39, 0.29) is 11.3 Å². The Balaban J connectivity index is 1.27. The van der Waals surface area contributed by atoms with Crippen molar-refractivity contribution in [3.63, 3.8) is 0 Å². The summed E-state index contributed by atoms with van der Waals surface area (Å²) in [4.78, 5) is 36.7. The number of carbonyl (C=O) groups excluding carboxylic acids is 2. The van der Waals surface area contributed by atoms with Crippen molar-refractivity contribution >= 4 is 40.5 Å². The smallest absolute Gasteiger partial charge is 0.290 e. The predicted octanol–water partition coefficient (Wildman–Crippen LogP) is 4.72. The normalized spacial score (nSPS) is 22.0. The van der Waals surface area contributed by atoms with Gasteiger partial charge < -0.3 is 10.6 Å². The molecule has 3 heterocycles. The average Bonchev–Trinajstić information content (AvgIpc) is 3.22. The van der Waals surface area contributed by atoms with Gasteiger partial charge >= 0.3 is 0 Å². The molecule has 3 N–H and O–H groups in total. The number of pyridine rings is 1. The molecule has 1 aliphatic carbocycles. The second kappa shape index (κ2) is 12.4. The van der Waals surface area contributed by atoms with Crippen LogP contribution < -0.4 is 16.0 Å². The molecule has 36 heavy (non-hydrogen) atoms. The second-order valence-electron chi connectivity index (χ2n) is 8.61. The van der Waals surface area contributed by atoms with Crippen molar-refractivity contribution in [3.8, 4) is 0 Å². The minimum atomic E-state index is -0.391. The highest BCUT2D eigenvalue weighted by molar-refractivity contribution is 8.18. The van der Waals surface area contributed by atoms with Crippen molar-refractivity contribution in [2.45, 2.75) is 44.7 Å². The molecule has 0 aromatic carbocycles. The quantitative estimate of drug-likeness (QED) is 0.334. The van der Waals surface area contributed by atoms with Crippen LogP contribution >= 0.6 is 11.8 Å². The maximum Gasteiger partial charge on any atom is 0.290 e. The lowest BCUT2D eigenvalue weighted by molar-refractivity contribution is -0.115. The highest BCUT2D eigenvalue weighted by Crippen LogP contribution is 2.26. The second-order valence-corrected chi connectivity index (χ2v) is 9.63. The predicted molar refractivity (Wildman–Crippen MR) is 145 cm³/mol. The van der Waals surface area contributed by atoms with Crippen molar-refractivity contribution in [1.29, 1.82) is 0 Å². The lowest BCUT2D eigenvalue weighted by atomic mass is 9.91. The molecule has 2 aliphatic rings. The maximum atomic E-state index is 11.8. The van der Waals surface area contributed by atoms with E-state index in [4.69, 9.17) is 0 Å². The Morgan fingerprint density at radius 1 is 1.14 bits per heavy atom. The van der Waals surface area contributed by atoms with Crippen LogP contribution in [0, 0.1) is 0 Å². The van der Waals surface area contributed by atoms with Crippen LogP contribution in [-0.2, 0) is 4.79 Å². The van der Waals surface area contributed by atoms with E-state index in [1.165, 1.54) is 5.57 Å². The lowest BCUT2D eigenvalue weighted by Crippen LogP contribution is -2.38. The molecule has 0 bridgehead atoms. The van der Waals surface area contributed by atoms with E-state index in [1.54, 1.807) is 24.5 Å². The number of aromatic nitrogens is 3. The zero-order valence-electron chi connectivity index (χ0n) is 20.2. The summed E-state index contributed by atoms with van der Waals surface area (Å²) in [5.74, 6) is 0.140. The number of imide groups is 1. The molecule has 0 atom stereocenters. The van der Waals surface area contributed by atoms with Crippen LogP contribution in [0.15, 0.2) is 71.9 Å². The Morgan fingerprint density at radius 2 is 1.94 bits per heavy atom. The summed E-state index contributed by atoms with van der Waals surface area (Å²) < 4.78 is 0. The van der Waals surface area contributed by atoms with Gasteiger partial charge in [-0.2, -0.15) is 0 Å². The summed E-state index contributed by atoms with van der Waals surface area (Å²) in [6, 6.07) is 8.33. The third-order valence-corrected chi connectivity index (χ3v) is 6.96. The zero-order valence-corrected chi connectivity index (χ0v) is 21.1. The van der Waals surface area contributed by atoms with E-state index in [9.17, 15) is 9.59 Å². The highest BCUT2D eigenvalue weighted by Gasteiger charge is 2.25. The van der Waals surface area contributed by atoms with Gasteiger partial charge in [-0.15, -0.1) is 0 Å². The number of hydrogen-bond acceptors (Lipinski definition) is 8. The number of nitrogens with one attached hydrogen (secondary N) is 3. The molecule has 1 saturated heterocycles. The van der Waals surface area contributed by atoms with Crippen molar-refractivity contribution < 1.29 is 9.59 Å². The van der Waals surface area contributed by atoms with E-state index in [0.29, 0.717) is 22.6 Å². The summed E-state index contributed by atoms with van der Waals surface area (Å²) in [7, 11) is 0. The van der Waals surface area contributed by atoms with E-state index < -0.39 is 5.91 Å². The first-order valence-electron chi connectivity index (χ1n) is 12.0. The first-order valence-corrected chi connectivity index (χ1v) is 12.8. The minimum absolute atomic E-state index is 0.286. The molecule has 8 nitrogen and oxygen atoms in total. The van der Waals surface area contributed by atoms with E-state index >= 15 is 0 Å². The summed E-state index contributed by atoms with van der Waals surface area (Å²) in [5, 5.41) is 9.00. The highest BCUT2D eigenvalue weighted by atomic mass is 32.2. The van der Waals surface area contributed by atoms with Crippen LogP contribution in [0.25, 0.3) is 11.6 Å². The Hall–Kier alpha value is -3.56. The van der Waals surface area contributed by atoms with Crippen LogP contribution in [0.2, 0.25) is 0 Å². The number of thioether (sulfide) groups is 1. The molecule has 9 heteroatoms.